The van der Waals surface area contributed by atoms with Gasteiger partial charge in [-0.1, -0.05) is 0 Å². The molecule has 7 heteroatoms. The molecule has 1 aromatic rings. The van der Waals surface area contributed by atoms with Crippen molar-refractivity contribution in [2.24, 2.45) is 0 Å². The normalized spacial score (nSPS) is 9.88. The Morgan fingerprint density at radius 2 is 2.12 bits per heavy atom. The van der Waals surface area contributed by atoms with E-state index in [2.05, 4.69) is 37.1 Å². The van der Waals surface area contributed by atoms with Gasteiger partial charge in [-0.3, -0.25) is 20.6 Å². The van der Waals surface area contributed by atoms with Crippen LogP contribution in [0.2, 0.25) is 0 Å². The smallest absolute Gasteiger partial charge is 0.271 e. The number of nitrogens with one attached hydrogen (secondary N) is 3. The molecule has 0 aliphatic rings. The molecule has 0 aliphatic carbocycles. The number of carbonyl (C=O) groups is 1. The largest absolute Gasteiger partial charge is 0.359 e. The second-order valence-electron chi connectivity index (χ2n) is 3.60. The van der Waals surface area contributed by atoms with Crippen LogP contribution in [0.3, 0.4) is 0 Å². The molecule has 1 amide bonds. The number of rotatable bonds is 2. The molecule has 17 heavy (non-hydrogen) atoms. The third kappa shape index (κ3) is 5.10. The number of nitrogens with zero attached hydrogens (tertiary/aromatic N) is 1. The van der Waals surface area contributed by atoms with Crippen molar-refractivity contribution < 1.29 is 4.79 Å². The number of hydrogen-bond donors (Lipinski definition) is 3. The van der Waals surface area contributed by atoms with Crippen LogP contribution in [-0.4, -0.2) is 22.0 Å². The summed E-state index contributed by atoms with van der Waals surface area (Å²) < 4.78 is 0.744. The van der Waals surface area contributed by atoms with Gasteiger partial charge in [-0.05, 0) is 48.1 Å². The summed E-state index contributed by atoms with van der Waals surface area (Å²) in [4.78, 5) is 15.6. The van der Waals surface area contributed by atoms with Crippen molar-refractivity contribution in [1.82, 2.24) is 21.2 Å². The van der Waals surface area contributed by atoms with Crippen molar-refractivity contribution in [3.63, 3.8) is 0 Å². The summed E-state index contributed by atoms with van der Waals surface area (Å²) in [6.07, 6.45) is 3.08. The average Bonchev–Trinajstić information content (AvgIpc) is 2.25. The molecular weight excluding hydrogens is 304 g/mol. The van der Waals surface area contributed by atoms with E-state index in [0.29, 0.717) is 10.7 Å². The van der Waals surface area contributed by atoms with Gasteiger partial charge in [0.2, 0.25) is 0 Å². The molecule has 92 valence electrons. The molecular formula is C10H13BrN4OS. The maximum Gasteiger partial charge on any atom is 0.271 e. The first-order valence-corrected chi connectivity index (χ1v) is 6.16. The Morgan fingerprint density at radius 3 is 2.71 bits per heavy atom. The Balaban J connectivity index is 2.48. The van der Waals surface area contributed by atoms with E-state index in [1.165, 1.54) is 6.20 Å². The first kappa shape index (κ1) is 13.9. The van der Waals surface area contributed by atoms with E-state index in [4.69, 9.17) is 12.2 Å². The second-order valence-corrected chi connectivity index (χ2v) is 4.92. The van der Waals surface area contributed by atoms with Crippen LogP contribution in [0, 0.1) is 0 Å². The molecule has 0 aromatic carbocycles. The quantitative estimate of drug-likeness (QED) is 0.568. The first-order chi connectivity index (χ1) is 7.99. The minimum atomic E-state index is -0.299. The summed E-state index contributed by atoms with van der Waals surface area (Å²) in [5.41, 5.74) is 5.53. The summed E-state index contributed by atoms with van der Waals surface area (Å²) in [5, 5.41) is 3.31. The van der Waals surface area contributed by atoms with Gasteiger partial charge < -0.3 is 5.32 Å². The molecule has 0 fully saturated rings. The molecule has 0 radical (unpaired) electrons. The van der Waals surface area contributed by atoms with Crippen molar-refractivity contribution in [3.8, 4) is 0 Å². The third-order valence-corrected chi connectivity index (χ3v) is 2.33. The van der Waals surface area contributed by atoms with E-state index >= 15 is 0 Å². The van der Waals surface area contributed by atoms with Crippen molar-refractivity contribution >= 4 is 39.2 Å². The number of aromatic nitrogens is 1. The van der Waals surface area contributed by atoms with E-state index in [9.17, 15) is 4.79 Å². The molecule has 0 saturated carbocycles. The van der Waals surface area contributed by atoms with Crippen LogP contribution in [0.5, 0.6) is 0 Å². The standard InChI is InChI=1S/C10H13BrN4OS/c1-6(2)13-10(17)15-14-9(16)7-3-8(11)5-12-4-7/h3-6H,1-2H3,(H,14,16)(H2,13,15,17). The Kier molecular flexibility index (Phi) is 5.30. The maximum atomic E-state index is 11.7. The number of amides is 1. The maximum absolute atomic E-state index is 11.7. The van der Waals surface area contributed by atoms with Crippen LogP contribution in [-0.2, 0) is 0 Å². The van der Waals surface area contributed by atoms with Gasteiger partial charge in [0.25, 0.3) is 5.91 Å². The molecule has 1 rings (SSSR count). The van der Waals surface area contributed by atoms with E-state index in [1.807, 2.05) is 13.8 Å². The van der Waals surface area contributed by atoms with Gasteiger partial charge in [0, 0.05) is 22.9 Å². The zero-order valence-corrected chi connectivity index (χ0v) is 11.9. The average molecular weight is 317 g/mol. The minimum Gasteiger partial charge on any atom is -0.359 e. The SMILES string of the molecule is CC(C)NC(=S)NNC(=O)c1cncc(Br)c1. The van der Waals surface area contributed by atoms with Gasteiger partial charge in [-0.15, -0.1) is 0 Å². The molecule has 3 N–H and O–H groups in total. The zero-order valence-electron chi connectivity index (χ0n) is 9.45. The van der Waals surface area contributed by atoms with E-state index in [-0.39, 0.29) is 11.9 Å². The topological polar surface area (TPSA) is 66.0 Å². The number of hydrogen-bond acceptors (Lipinski definition) is 3. The monoisotopic (exact) mass is 316 g/mol. The molecule has 0 spiro atoms. The lowest BCUT2D eigenvalue weighted by Gasteiger charge is -2.13. The summed E-state index contributed by atoms with van der Waals surface area (Å²) in [6.45, 7) is 3.90. The van der Waals surface area contributed by atoms with E-state index < -0.39 is 0 Å². The number of pyridine rings is 1. The van der Waals surface area contributed by atoms with Crippen LogP contribution >= 0.6 is 28.1 Å². The highest BCUT2D eigenvalue weighted by Crippen LogP contribution is 2.08. The molecule has 5 nitrogen and oxygen atoms in total. The number of thiocarbonyl (C=S) groups is 1. The fourth-order valence-electron chi connectivity index (χ4n) is 1.02. The summed E-state index contributed by atoms with van der Waals surface area (Å²) in [5.74, 6) is -0.299. The summed E-state index contributed by atoms with van der Waals surface area (Å²) in [6, 6.07) is 1.88. The van der Waals surface area contributed by atoms with Gasteiger partial charge >= 0.3 is 0 Å². The van der Waals surface area contributed by atoms with Crippen LogP contribution in [0.1, 0.15) is 24.2 Å². The highest BCUT2D eigenvalue weighted by Gasteiger charge is 2.06. The highest BCUT2D eigenvalue weighted by molar-refractivity contribution is 9.10. The van der Waals surface area contributed by atoms with Gasteiger partial charge in [0.05, 0.1) is 5.56 Å². The second kappa shape index (κ2) is 6.51. The van der Waals surface area contributed by atoms with Crippen LogP contribution in [0.4, 0.5) is 0 Å². The molecule has 0 bridgehead atoms. The fraction of sp³-hybridized carbons (Fsp3) is 0.300. The lowest BCUT2D eigenvalue weighted by molar-refractivity contribution is 0.0943. The van der Waals surface area contributed by atoms with Gasteiger partial charge in [-0.25, -0.2) is 0 Å². The van der Waals surface area contributed by atoms with Crippen LogP contribution in [0.15, 0.2) is 22.9 Å². The number of hydrazine groups is 1. The Morgan fingerprint density at radius 1 is 1.41 bits per heavy atom. The van der Waals surface area contributed by atoms with E-state index in [0.717, 1.165) is 4.47 Å². The number of carbonyl (C=O) groups excluding carboxylic acids is 1. The zero-order chi connectivity index (χ0) is 12.8. The summed E-state index contributed by atoms with van der Waals surface area (Å²) in [7, 11) is 0. The van der Waals surface area contributed by atoms with Gasteiger partial charge in [0.15, 0.2) is 5.11 Å². The van der Waals surface area contributed by atoms with Gasteiger partial charge in [0.1, 0.15) is 0 Å². The van der Waals surface area contributed by atoms with Gasteiger partial charge in [-0.2, -0.15) is 0 Å². The van der Waals surface area contributed by atoms with Crippen LogP contribution in [0.25, 0.3) is 0 Å². The molecule has 0 unspecified atom stereocenters. The Hall–Kier alpha value is -1.21. The minimum absolute atomic E-state index is 0.208. The lowest BCUT2D eigenvalue weighted by Crippen LogP contribution is -2.48. The van der Waals surface area contributed by atoms with Crippen LogP contribution < -0.4 is 16.2 Å². The predicted octanol–water partition coefficient (Wildman–Crippen LogP) is 1.36. The molecule has 1 aromatic heterocycles. The van der Waals surface area contributed by atoms with Crippen molar-refractivity contribution in [3.05, 3.63) is 28.5 Å². The molecule has 1 heterocycles. The lowest BCUT2D eigenvalue weighted by atomic mass is 10.3. The van der Waals surface area contributed by atoms with Crippen molar-refractivity contribution in [1.29, 1.82) is 0 Å². The van der Waals surface area contributed by atoms with E-state index in [1.54, 1.807) is 12.3 Å². The fourth-order valence-corrected chi connectivity index (χ4v) is 1.67. The highest BCUT2D eigenvalue weighted by atomic mass is 79.9. The summed E-state index contributed by atoms with van der Waals surface area (Å²) >= 11 is 8.20. The molecule has 0 aliphatic heterocycles. The van der Waals surface area contributed by atoms with Crippen molar-refractivity contribution in [2.75, 3.05) is 0 Å². The Bertz CT molecular complexity index is 425. The van der Waals surface area contributed by atoms with Crippen molar-refractivity contribution in [2.45, 2.75) is 19.9 Å². The first-order valence-electron chi connectivity index (χ1n) is 4.96. The molecule has 0 atom stereocenters. The number of halogens is 1. The third-order valence-electron chi connectivity index (χ3n) is 1.68. The Labute approximate surface area is 113 Å². The molecule has 0 saturated heterocycles. The predicted molar refractivity (Wildman–Crippen MR) is 73.4 cm³/mol.